The van der Waals surface area contributed by atoms with Crippen LogP contribution in [0.2, 0.25) is 0 Å². The van der Waals surface area contributed by atoms with E-state index in [0.29, 0.717) is 11.3 Å². The lowest BCUT2D eigenvalue weighted by Gasteiger charge is -2.22. The molecule has 17 heavy (non-hydrogen) atoms. The summed E-state index contributed by atoms with van der Waals surface area (Å²) in [6.45, 7) is -0.906. The highest BCUT2D eigenvalue weighted by atomic mass is 16.4. The molecule has 1 heterocycles. The number of benzene rings is 1. The van der Waals surface area contributed by atoms with Gasteiger partial charge in [-0.3, -0.25) is 9.69 Å². The van der Waals surface area contributed by atoms with Gasteiger partial charge in [0.05, 0.1) is 18.8 Å². The van der Waals surface area contributed by atoms with E-state index >= 15 is 0 Å². The molecule has 0 aromatic heterocycles. The number of aliphatic hydroxyl groups excluding tert-OH is 1. The van der Waals surface area contributed by atoms with Crippen LogP contribution in [0.25, 0.3) is 0 Å². The van der Waals surface area contributed by atoms with Crippen LogP contribution < -0.4 is 4.90 Å². The highest BCUT2D eigenvalue weighted by Crippen LogP contribution is 2.40. The van der Waals surface area contributed by atoms with Gasteiger partial charge in [0, 0.05) is 0 Å². The maximum Gasteiger partial charge on any atom is 0.411 e. The zero-order valence-corrected chi connectivity index (χ0v) is 8.83. The summed E-state index contributed by atoms with van der Waals surface area (Å²) in [5.74, 6) is -1.23. The molecule has 0 fully saturated rings. The first kappa shape index (κ1) is 11.4. The van der Waals surface area contributed by atoms with E-state index in [4.69, 9.17) is 5.11 Å². The molecule has 1 aliphatic rings. The Morgan fingerprint density at radius 3 is 2.47 bits per heavy atom. The summed E-state index contributed by atoms with van der Waals surface area (Å²) < 4.78 is 0. The molecular formula is C11H11NO5. The average Bonchev–Trinajstić information content (AvgIpc) is 2.65. The number of rotatable bonds is 2. The molecule has 0 aliphatic carbocycles. The third-order valence-corrected chi connectivity index (χ3v) is 3.05. The van der Waals surface area contributed by atoms with Gasteiger partial charge in [0.1, 0.15) is 5.41 Å². The molecule has 1 unspecified atom stereocenters. The lowest BCUT2D eigenvalue weighted by molar-refractivity contribution is -0.144. The number of aliphatic carboxylic acids is 1. The zero-order valence-electron chi connectivity index (χ0n) is 8.83. The summed E-state index contributed by atoms with van der Waals surface area (Å²) in [6.07, 6.45) is -1.23. The lowest BCUT2D eigenvalue weighted by atomic mass is 9.83. The Bertz CT molecular complexity index is 487. The highest BCUT2D eigenvalue weighted by molar-refractivity contribution is 5.97. The third kappa shape index (κ3) is 1.45. The van der Waals surface area contributed by atoms with Crippen LogP contribution in [-0.4, -0.2) is 40.5 Å². The summed E-state index contributed by atoms with van der Waals surface area (Å²) in [4.78, 5) is 23.3. The monoisotopic (exact) mass is 237 g/mol. The van der Waals surface area contributed by atoms with Crippen molar-refractivity contribution in [1.29, 1.82) is 0 Å². The molecule has 1 aromatic carbocycles. The second kappa shape index (κ2) is 3.74. The van der Waals surface area contributed by atoms with E-state index in [1.165, 1.54) is 12.1 Å². The van der Waals surface area contributed by atoms with Crippen LogP contribution in [0.15, 0.2) is 24.3 Å². The Kier molecular flexibility index (Phi) is 2.51. The minimum atomic E-state index is -1.56. The van der Waals surface area contributed by atoms with Crippen LogP contribution in [0.4, 0.5) is 10.5 Å². The number of fused-ring (bicyclic) bond motifs is 1. The quantitative estimate of drug-likeness (QED) is 0.695. The summed E-state index contributed by atoms with van der Waals surface area (Å²) >= 11 is 0. The second-order valence-corrected chi connectivity index (χ2v) is 3.93. The van der Waals surface area contributed by atoms with E-state index in [0.717, 1.165) is 4.90 Å². The maximum absolute atomic E-state index is 11.3. The molecule has 0 saturated carbocycles. The number of carbonyl (C=O) groups is 2. The summed E-state index contributed by atoms with van der Waals surface area (Å²) in [5.41, 5.74) is -0.913. The molecule has 3 N–H and O–H groups in total. The topological polar surface area (TPSA) is 98.1 Å². The fraction of sp³-hybridized carbons (Fsp3) is 0.273. The number of carboxylic acid groups (broad SMARTS) is 2. The first-order valence-corrected chi connectivity index (χ1v) is 4.97. The predicted molar refractivity (Wildman–Crippen MR) is 58.2 cm³/mol. The van der Waals surface area contributed by atoms with Crippen molar-refractivity contribution >= 4 is 17.7 Å². The van der Waals surface area contributed by atoms with Gasteiger partial charge >= 0.3 is 12.1 Å². The molecular weight excluding hydrogens is 226 g/mol. The van der Waals surface area contributed by atoms with Gasteiger partial charge in [-0.2, -0.15) is 0 Å². The van der Waals surface area contributed by atoms with Crippen molar-refractivity contribution in [3.8, 4) is 0 Å². The molecule has 0 radical (unpaired) electrons. The van der Waals surface area contributed by atoms with E-state index in [2.05, 4.69) is 0 Å². The van der Waals surface area contributed by atoms with Crippen molar-refractivity contribution < 1.29 is 24.9 Å². The van der Waals surface area contributed by atoms with Crippen LogP contribution in [0, 0.1) is 0 Å². The van der Waals surface area contributed by atoms with E-state index < -0.39 is 24.1 Å². The van der Waals surface area contributed by atoms with Crippen LogP contribution in [-0.2, 0) is 10.2 Å². The number of hydrogen-bond acceptors (Lipinski definition) is 3. The Balaban J connectivity index is 2.62. The smallest absolute Gasteiger partial charge is 0.411 e. The van der Waals surface area contributed by atoms with Gasteiger partial charge in [0.2, 0.25) is 0 Å². The number of para-hydroxylation sites is 1. The van der Waals surface area contributed by atoms with E-state index in [1.54, 1.807) is 12.1 Å². The SMILES string of the molecule is O=C(O)N1CC(CO)(C(=O)O)c2ccccc21. The van der Waals surface area contributed by atoms with Gasteiger partial charge in [-0.15, -0.1) is 0 Å². The number of amides is 1. The molecule has 0 spiro atoms. The number of carboxylic acids is 1. The predicted octanol–water partition coefficient (Wildman–Crippen LogP) is 0.499. The van der Waals surface area contributed by atoms with Gasteiger partial charge < -0.3 is 15.3 Å². The fourth-order valence-electron chi connectivity index (χ4n) is 2.11. The molecule has 1 amide bonds. The molecule has 90 valence electrons. The summed E-state index contributed by atoms with van der Waals surface area (Å²) in [5, 5.41) is 27.6. The van der Waals surface area contributed by atoms with Crippen molar-refractivity contribution in [2.45, 2.75) is 5.41 Å². The van der Waals surface area contributed by atoms with Crippen molar-refractivity contribution in [2.24, 2.45) is 0 Å². The van der Waals surface area contributed by atoms with Crippen molar-refractivity contribution in [3.63, 3.8) is 0 Å². The van der Waals surface area contributed by atoms with Gasteiger partial charge in [0.25, 0.3) is 0 Å². The van der Waals surface area contributed by atoms with Gasteiger partial charge in [-0.1, -0.05) is 18.2 Å². The summed E-state index contributed by atoms with van der Waals surface area (Å²) in [6, 6.07) is 6.31. The molecule has 1 aliphatic heterocycles. The Hall–Kier alpha value is -2.08. The fourth-order valence-corrected chi connectivity index (χ4v) is 2.11. The second-order valence-electron chi connectivity index (χ2n) is 3.93. The van der Waals surface area contributed by atoms with E-state index in [-0.39, 0.29) is 6.54 Å². The van der Waals surface area contributed by atoms with Gasteiger partial charge in [-0.25, -0.2) is 4.79 Å². The standard InChI is InChI=1S/C11H11NO5/c13-6-11(9(14)15)5-12(10(16)17)8-4-2-1-3-7(8)11/h1-4,13H,5-6H2,(H,14,15)(H,16,17). The zero-order chi connectivity index (χ0) is 12.6. The first-order chi connectivity index (χ1) is 8.03. The Labute approximate surface area is 96.7 Å². The Morgan fingerprint density at radius 2 is 1.94 bits per heavy atom. The van der Waals surface area contributed by atoms with Crippen LogP contribution >= 0.6 is 0 Å². The molecule has 0 bridgehead atoms. The number of aliphatic hydroxyl groups is 1. The van der Waals surface area contributed by atoms with Crippen molar-refractivity contribution in [3.05, 3.63) is 29.8 Å². The minimum Gasteiger partial charge on any atom is -0.480 e. The Morgan fingerprint density at radius 1 is 1.29 bits per heavy atom. The summed E-state index contributed by atoms with van der Waals surface area (Å²) in [7, 11) is 0. The third-order valence-electron chi connectivity index (χ3n) is 3.05. The van der Waals surface area contributed by atoms with E-state index in [9.17, 15) is 19.8 Å². The molecule has 1 atom stereocenters. The van der Waals surface area contributed by atoms with Crippen LogP contribution in [0.1, 0.15) is 5.56 Å². The van der Waals surface area contributed by atoms with Crippen molar-refractivity contribution in [1.82, 2.24) is 0 Å². The normalized spacial score (nSPS) is 22.3. The number of nitrogens with zero attached hydrogens (tertiary/aromatic N) is 1. The molecule has 6 heteroatoms. The largest absolute Gasteiger partial charge is 0.480 e. The molecule has 1 aromatic rings. The first-order valence-electron chi connectivity index (χ1n) is 4.97. The number of hydrogen-bond donors (Lipinski definition) is 3. The molecule has 0 saturated heterocycles. The molecule has 2 rings (SSSR count). The van der Waals surface area contributed by atoms with Gasteiger partial charge in [0.15, 0.2) is 0 Å². The van der Waals surface area contributed by atoms with Gasteiger partial charge in [-0.05, 0) is 11.6 Å². The average molecular weight is 237 g/mol. The molecule has 6 nitrogen and oxygen atoms in total. The van der Waals surface area contributed by atoms with Crippen molar-refractivity contribution in [2.75, 3.05) is 18.1 Å². The van der Waals surface area contributed by atoms with Crippen LogP contribution in [0.5, 0.6) is 0 Å². The lowest BCUT2D eigenvalue weighted by Crippen LogP contribution is -2.45. The minimum absolute atomic E-state index is 0.270. The highest BCUT2D eigenvalue weighted by Gasteiger charge is 2.50. The maximum atomic E-state index is 11.3. The van der Waals surface area contributed by atoms with Crippen LogP contribution in [0.3, 0.4) is 0 Å². The number of anilines is 1. The van der Waals surface area contributed by atoms with E-state index in [1.807, 2.05) is 0 Å².